The van der Waals surface area contributed by atoms with E-state index in [0.29, 0.717) is 23.0 Å². The van der Waals surface area contributed by atoms with Gasteiger partial charge in [0, 0.05) is 6.54 Å². The molecule has 4 nitrogen and oxygen atoms in total. The molecule has 1 aromatic heterocycles. The van der Waals surface area contributed by atoms with Gasteiger partial charge in [0.15, 0.2) is 0 Å². The zero-order valence-corrected chi connectivity index (χ0v) is 10.5. The summed E-state index contributed by atoms with van der Waals surface area (Å²) in [4.78, 5) is 12.4. The van der Waals surface area contributed by atoms with Gasteiger partial charge in [0.2, 0.25) is 0 Å². The Morgan fingerprint density at radius 3 is 3.06 bits per heavy atom. The number of carbonyl (C=O) groups excluding carboxylic acids is 1. The molecular weight excluding hydrogens is 236 g/mol. The van der Waals surface area contributed by atoms with E-state index in [0.717, 1.165) is 25.7 Å². The molecule has 0 saturated heterocycles. The molecule has 1 aliphatic carbocycles. The zero-order valence-electron chi connectivity index (χ0n) is 9.69. The molecule has 4 N–H and O–H groups in total. The molecule has 0 spiro atoms. The van der Waals surface area contributed by atoms with Gasteiger partial charge in [-0.15, -0.1) is 11.3 Å². The Bertz CT molecular complexity index is 392. The lowest BCUT2D eigenvalue weighted by atomic mass is 9.87. The van der Waals surface area contributed by atoms with Crippen molar-refractivity contribution in [3.63, 3.8) is 0 Å². The van der Waals surface area contributed by atoms with Gasteiger partial charge < -0.3 is 16.2 Å². The van der Waals surface area contributed by atoms with Crippen molar-refractivity contribution in [1.29, 1.82) is 0 Å². The van der Waals surface area contributed by atoms with Gasteiger partial charge in [0.25, 0.3) is 5.91 Å². The quantitative estimate of drug-likeness (QED) is 0.767. The number of nitrogens with two attached hydrogens (primary N) is 1. The summed E-state index contributed by atoms with van der Waals surface area (Å²) >= 11 is 1.36. The minimum atomic E-state index is -0.197. The largest absolute Gasteiger partial charge is 0.397 e. The fourth-order valence-corrected chi connectivity index (χ4v) is 3.00. The van der Waals surface area contributed by atoms with Crippen LogP contribution in [0.25, 0.3) is 0 Å². The Labute approximate surface area is 105 Å². The maximum absolute atomic E-state index is 11.8. The summed E-state index contributed by atoms with van der Waals surface area (Å²) in [7, 11) is 0. The maximum Gasteiger partial charge on any atom is 0.263 e. The van der Waals surface area contributed by atoms with Crippen LogP contribution in [0.1, 0.15) is 35.4 Å². The van der Waals surface area contributed by atoms with Crippen LogP contribution in [0, 0.1) is 5.92 Å². The smallest absolute Gasteiger partial charge is 0.263 e. The second kappa shape index (κ2) is 5.51. The highest BCUT2D eigenvalue weighted by molar-refractivity contribution is 7.12. The number of nitrogen functional groups attached to an aromatic ring is 1. The van der Waals surface area contributed by atoms with Crippen molar-refractivity contribution < 1.29 is 9.90 Å². The van der Waals surface area contributed by atoms with E-state index in [1.54, 1.807) is 6.07 Å². The van der Waals surface area contributed by atoms with E-state index < -0.39 is 0 Å². The monoisotopic (exact) mass is 254 g/mol. The Morgan fingerprint density at radius 2 is 2.41 bits per heavy atom. The lowest BCUT2D eigenvalue weighted by molar-refractivity contribution is 0.0877. The SMILES string of the molecule is Nc1ccsc1C(=O)NCC1CCCC(O)C1. The first-order valence-corrected chi connectivity index (χ1v) is 6.84. The molecule has 1 fully saturated rings. The third-order valence-electron chi connectivity index (χ3n) is 3.21. The molecule has 0 radical (unpaired) electrons. The average Bonchev–Trinajstić information content (AvgIpc) is 2.72. The van der Waals surface area contributed by atoms with Gasteiger partial charge in [0.05, 0.1) is 11.8 Å². The van der Waals surface area contributed by atoms with Gasteiger partial charge in [-0.05, 0) is 36.6 Å². The fourth-order valence-electron chi connectivity index (χ4n) is 2.27. The lowest BCUT2D eigenvalue weighted by Gasteiger charge is -2.25. The minimum Gasteiger partial charge on any atom is -0.397 e. The van der Waals surface area contributed by atoms with Crippen molar-refractivity contribution in [3.05, 3.63) is 16.3 Å². The van der Waals surface area contributed by atoms with E-state index in [1.165, 1.54) is 11.3 Å². The number of nitrogens with one attached hydrogen (secondary N) is 1. The average molecular weight is 254 g/mol. The number of aliphatic hydroxyl groups excluding tert-OH is 1. The molecule has 0 bridgehead atoms. The Hall–Kier alpha value is -1.07. The molecule has 1 amide bonds. The molecule has 1 heterocycles. The molecule has 2 rings (SSSR count). The second-order valence-electron chi connectivity index (χ2n) is 4.60. The van der Waals surface area contributed by atoms with Gasteiger partial charge >= 0.3 is 0 Å². The lowest BCUT2D eigenvalue weighted by Crippen LogP contribution is -2.32. The van der Waals surface area contributed by atoms with Crippen LogP contribution in [0.2, 0.25) is 0 Å². The van der Waals surface area contributed by atoms with E-state index >= 15 is 0 Å². The third-order valence-corrected chi connectivity index (χ3v) is 4.14. The number of hydrogen-bond acceptors (Lipinski definition) is 4. The summed E-state index contributed by atoms with van der Waals surface area (Å²) in [6, 6.07) is 1.74. The highest BCUT2D eigenvalue weighted by Crippen LogP contribution is 2.24. The normalized spacial score (nSPS) is 24.5. The number of anilines is 1. The minimum absolute atomic E-state index is 0.0995. The molecule has 5 heteroatoms. The van der Waals surface area contributed by atoms with E-state index in [9.17, 15) is 9.90 Å². The van der Waals surface area contributed by atoms with Crippen LogP contribution < -0.4 is 11.1 Å². The zero-order chi connectivity index (χ0) is 12.3. The Kier molecular flexibility index (Phi) is 4.02. The summed E-state index contributed by atoms with van der Waals surface area (Å²) < 4.78 is 0. The number of amides is 1. The van der Waals surface area contributed by atoms with Crippen LogP contribution in [0.4, 0.5) is 5.69 Å². The van der Waals surface area contributed by atoms with E-state index in [2.05, 4.69) is 5.32 Å². The molecule has 1 aromatic rings. The first-order valence-electron chi connectivity index (χ1n) is 5.96. The highest BCUT2D eigenvalue weighted by atomic mass is 32.1. The molecule has 0 aromatic carbocycles. The van der Waals surface area contributed by atoms with Gasteiger partial charge in [-0.1, -0.05) is 6.42 Å². The summed E-state index contributed by atoms with van der Waals surface area (Å²) in [5.41, 5.74) is 6.22. The van der Waals surface area contributed by atoms with Crippen molar-refractivity contribution in [3.8, 4) is 0 Å². The topological polar surface area (TPSA) is 75.4 Å². The van der Waals surface area contributed by atoms with Crippen molar-refractivity contribution in [2.24, 2.45) is 5.92 Å². The Balaban J connectivity index is 1.82. The van der Waals surface area contributed by atoms with Crippen LogP contribution in [0.5, 0.6) is 0 Å². The third kappa shape index (κ3) is 3.20. The predicted octanol–water partition coefficient (Wildman–Crippen LogP) is 1.61. The van der Waals surface area contributed by atoms with Crippen LogP contribution in [-0.2, 0) is 0 Å². The van der Waals surface area contributed by atoms with Crippen LogP contribution in [-0.4, -0.2) is 23.7 Å². The molecule has 2 atom stereocenters. The van der Waals surface area contributed by atoms with Crippen molar-refractivity contribution in [2.45, 2.75) is 31.8 Å². The predicted molar refractivity (Wildman–Crippen MR) is 69.0 cm³/mol. The van der Waals surface area contributed by atoms with Gasteiger partial charge in [0.1, 0.15) is 4.88 Å². The van der Waals surface area contributed by atoms with Gasteiger partial charge in [-0.25, -0.2) is 0 Å². The molecule has 1 aliphatic rings. The molecule has 0 aliphatic heterocycles. The number of carbonyl (C=O) groups is 1. The molecular formula is C12H18N2O2S. The summed E-state index contributed by atoms with van der Waals surface area (Å²) in [5, 5.41) is 14.3. The van der Waals surface area contributed by atoms with Gasteiger partial charge in [-0.3, -0.25) is 4.79 Å². The van der Waals surface area contributed by atoms with Gasteiger partial charge in [-0.2, -0.15) is 0 Å². The van der Waals surface area contributed by atoms with Crippen LogP contribution in [0.3, 0.4) is 0 Å². The molecule has 17 heavy (non-hydrogen) atoms. The van der Waals surface area contributed by atoms with E-state index in [-0.39, 0.29) is 12.0 Å². The number of thiophene rings is 1. The standard InChI is InChI=1S/C12H18N2O2S/c13-10-4-5-17-11(10)12(16)14-7-8-2-1-3-9(15)6-8/h4-5,8-9,15H,1-3,6-7,13H2,(H,14,16). The first kappa shape index (κ1) is 12.4. The summed E-state index contributed by atoms with van der Waals surface area (Å²) in [6.07, 6.45) is 3.61. The van der Waals surface area contributed by atoms with Crippen molar-refractivity contribution in [2.75, 3.05) is 12.3 Å². The fraction of sp³-hybridized carbons (Fsp3) is 0.583. The number of hydrogen-bond donors (Lipinski definition) is 3. The van der Waals surface area contributed by atoms with Crippen molar-refractivity contribution >= 4 is 22.9 Å². The summed E-state index contributed by atoms with van der Waals surface area (Å²) in [6.45, 7) is 0.632. The number of rotatable bonds is 3. The van der Waals surface area contributed by atoms with Crippen LogP contribution >= 0.6 is 11.3 Å². The maximum atomic E-state index is 11.8. The Morgan fingerprint density at radius 1 is 1.59 bits per heavy atom. The second-order valence-corrected chi connectivity index (χ2v) is 5.52. The highest BCUT2D eigenvalue weighted by Gasteiger charge is 2.21. The van der Waals surface area contributed by atoms with E-state index in [4.69, 9.17) is 5.73 Å². The molecule has 2 unspecified atom stereocenters. The number of aliphatic hydroxyl groups is 1. The molecule has 94 valence electrons. The van der Waals surface area contributed by atoms with Crippen molar-refractivity contribution in [1.82, 2.24) is 5.32 Å². The summed E-state index contributed by atoms with van der Waals surface area (Å²) in [5.74, 6) is 0.293. The first-order chi connectivity index (χ1) is 8.16. The van der Waals surface area contributed by atoms with E-state index in [1.807, 2.05) is 5.38 Å². The molecule has 1 saturated carbocycles. The van der Waals surface area contributed by atoms with Crippen LogP contribution in [0.15, 0.2) is 11.4 Å².